The zero-order valence-electron chi connectivity index (χ0n) is 22.8. The predicted octanol–water partition coefficient (Wildman–Crippen LogP) is 3.43. The lowest BCUT2D eigenvalue weighted by Gasteiger charge is -2.35. The Bertz CT molecular complexity index is 1870. The van der Waals surface area contributed by atoms with Crippen molar-refractivity contribution in [3.8, 4) is 5.75 Å². The van der Waals surface area contributed by atoms with Crippen LogP contribution in [-0.2, 0) is 27.7 Å². The maximum Gasteiger partial charge on any atom is 0.251 e. The van der Waals surface area contributed by atoms with Crippen LogP contribution in [0.1, 0.15) is 28.0 Å². The number of nitrogens with zero attached hydrogens (tertiary/aromatic N) is 5. The van der Waals surface area contributed by atoms with Gasteiger partial charge in [0.15, 0.2) is 11.6 Å². The lowest BCUT2D eigenvalue weighted by Crippen LogP contribution is -2.37. The van der Waals surface area contributed by atoms with Crippen LogP contribution in [0.15, 0.2) is 53.7 Å². The second-order valence-electron chi connectivity index (χ2n) is 10.5. The number of benzene rings is 1. The first-order valence-corrected chi connectivity index (χ1v) is 15.3. The number of carbonyl (C=O) groups is 1. The Morgan fingerprint density at radius 3 is 2.77 bits per heavy atom. The minimum absolute atomic E-state index is 0.0395. The summed E-state index contributed by atoms with van der Waals surface area (Å²) in [6, 6.07) is 9.42. The average Bonchev–Trinajstić information content (AvgIpc) is 3.09. The van der Waals surface area contributed by atoms with Crippen LogP contribution in [0.5, 0.6) is 5.75 Å². The summed E-state index contributed by atoms with van der Waals surface area (Å²) in [7, 11) is -4.51. The van der Waals surface area contributed by atoms with E-state index in [2.05, 4.69) is 20.2 Å². The van der Waals surface area contributed by atoms with Crippen LogP contribution in [0, 0.1) is 5.82 Å². The Labute approximate surface area is 245 Å². The molecule has 14 heteroatoms. The van der Waals surface area contributed by atoms with Gasteiger partial charge in [0.2, 0.25) is 15.3 Å². The minimum atomic E-state index is -4.51. The van der Waals surface area contributed by atoms with Gasteiger partial charge in [-0.1, -0.05) is 0 Å². The smallest absolute Gasteiger partial charge is 0.251 e. The number of aromatic nitrogens is 3. The number of hydrogen-bond donors (Lipinski definition) is 1. The van der Waals surface area contributed by atoms with Crippen LogP contribution < -0.4 is 19.9 Å². The van der Waals surface area contributed by atoms with Crippen molar-refractivity contribution in [3.63, 3.8) is 0 Å². The number of hydrogen-bond acceptors (Lipinski definition) is 10. The Morgan fingerprint density at radius 2 is 1.95 bits per heavy atom. The first-order valence-electron chi connectivity index (χ1n) is 13.8. The number of ether oxygens (including phenoxy) is 2. The third-order valence-electron chi connectivity index (χ3n) is 7.75. The number of halogens is 2. The van der Waals surface area contributed by atoms with E-state index in [9.17, 15) is 22.0 Å². The largest absolute Gasteiger partial charge is 0.488 e. The molecule has 3 aliphatic rings. The van der Waals surface area contributed by atoms with Gasteiger partial charge in [0.25, 0.3) is 5.91 Å². The van der Waals surface area contributed by atoms with Crippen molar-refractivity contribution in [2.24, 2.45) is 0 Å². The van der Waals surface area contributed by atoms with Crippen molar-refractivity contribution < 1.29 is 31.5 Å². The monoisotopic (exact) mass is 608 g/mol. The second-order valence-corrected chi connectivity index (χ2v) is 12.5. The quantitative estimate of drug-likeness (QED) is 0.360. The van der Waals surface area contributed by atoms with E-state index in [0.717, 1.165) is 36.3 Å². The molecular weight excluding hydrogens is 582 g/mol. The zero-order valence-corrected chi connectivity index (χ0v) is 23.6. The summed E-state index contributed by atoms with van der Waals surface area (Å²) in [5.41, 5.74) is -0.763. The molecule has 1 saturated heterocycles. The molecule has 0 spiro atoms. The van der Waals surface area contributed by atoms with Crippen LogP contribution in [0.2, 0.25) is 0 Å². The Hall–Kier alpha value is -4.43. The molecule has 3 aliphatic heterocycles. The van der Waals surface area contributed by atoms with E-state index in [-0.39, 0.29) is 17.7 Å². The summed E-state index contributed by atoms with van der Waals surface area (Å²) in [5, 5.41) is 3.41. The van der Waals surface area contributed by atoms with Crippen molar-refractivity contribution in [1.29, 1.82) is 0 Å². The van der Waals surface area contributed by atoms with Gasteiger partial charge in [-0.3, -0.25) is 9.78 Å². The molecule has 222 valence electrons. The summed E-state index contributed by atoms with van der Waals surface area (Å²) in [6.07, 6.45) is 4.65. The topological polar surface area (TPSA) is 127 Å². The number of sulfone groups is 1. The van der Waals surface area contributed by atoms with Gasteiger partial charge in [0.05, 0.1) is 54.3 Å². The molecule has 0 unspecified atom stereocenters. The van der Waals surface area contributed by atoms with Gasteiger partial charge in [0, 0.05) is 41.9 Å². The number of alkyl halides is 1. The minimum Gasteiger partial charge on any atom is -0.488 e. The van der Waals surface area contributed by atoms with E-state index in [1.807, 2.05) is 29.3 Å². The maximum absolute atomic E-state index is 14.8. The van der Waals surface area contributed by atoms with Crippen LogP contribution in [0.3, 0.4) is 0 Å². The van der Waals surface area contributed by atoms with Gasteiger partial charge in [0.1, 0.15) is 18.2 Å². The molecule has 0 aliphatic carbocycles. The fourth-order valence-corrected chi connectivity index (χ4v) is 6.59. The predicted molar refractivity (Wildman–Crippen MR) is 152 cm³/mol. The molecule has 7 rings (SSSR count). The van der Waals surface area contributed by atoms with Gasteiger partial charge in [-0.25, -0.2) is 27.2 Å². The van der Waals surface area contributed by atoms with Crippen LogP contribution >= 0.6 is 0 Å². The zero-order chi connectivity index (χ0) is 29.7. The molecule has 0 radical (unpaired) electrons. The Morgan fingerprint density at radius 1 is 1.09 bits per heavy atom. The van der Waals surface area contributed by atoms with Crippen molar-refractivity contribution in [2.75, 3.05) is 42.6 Å². The average molecular weight is 609 g/mol. The first-order chi connectivity index (χ1) is 20.8. The Balaban J connectivity index is 1.11. The molecule has 6 heterocycles. The lowest BCUT2D eigenvalue weighted by atomic mass is 10.1. The van der Waals surface area contributed by atoms with Crippen molar-refractivity contribution in [1.82, 2.24) is 20.3 Å². The molecule has 1 atom stereocenters. The third-order valence-corrected chi connectivity index (χ3v) is 9.53. The SMILES string of the molecule is O=C(NCc1cc2nc(N3CCOc4cc(N5CCC5)cnc43)ccc2cn1)c1cc(F)c2c(c1)S(=O)(=O)[C@@H](F)COC2. The number of anilines is 3. The molecule has 1 amide bonds. The van der Waals surface area contributed by atoms with Gasteiger partial charge in [-0.15, -0.1) is 0 Å². The van der Waals surface area contributed by atoms with Crippen LogP contribution in [0.25, 0.3) is 10.9 Å². The van der Waals surface area contributed by atoms with Gasteiger partial charge < -0.3 is 24.6 Å². The van der Waals surface area contributed by atoms with E-state index in [4.69, 9.17) is 14.5 Å². The highest BCUT2D eigenvalue weighted by atomic mass is 32.2. The number of rotatable bonds is 5. The highest BCUT2D eigenvalue weighted by molar-refractivity contribution is 7.92. The number of pyridine rings is 3. The normalized spacial score (nSPS) is 19.1. The first kappa shape index (κ1) is 27.4. The summed E-state index contributed by atoms with van der Waals surface area (Å²) in [4.78, 5) is 30.4. The molecule has 11 nitrogen and oxygen atoms in total. The molecule has 0 bridgehead atoms. The highest BCUT2D eigenvalue weighted by Crippen LogP contribution is 2.37. The molecule has 0 saturated carbocycles. The van der Waals surface area contributed by atoms with Gasteiger partial charge >= 0.3 is 0 Å². The summed E-state index contributed by atoms with van der Waals surface area (Å²) in [5.74, 6) is 0.364. The van der Waals surface area contributed by atoms with E-state index in [1.165, 1.54) is 6.42 Å². The maximum atomic E-state index is 14.8. The van der Waals surface area contributed by atoms with Crippen molar-refractivity contribution in [2.45, 2.75) is 30.0 Å². The number of amides is 1. The standard InChI is InChI=1S/C29H26F2N6O5S/c30-22-8-18(9-25-21(22)15-41-16-26(31)43(25,39)40)29(38)34-13-19-10-23-17(12-32-19)2-3-27(35-23)37-6-7-42-24-11-20(14-33-28(24)37)36-4-1-5-36/h2-3,8-12,14,26H,1,4-7,13,15-16H2,(H,34,38)/t26-/m1/s1. The summed E-state index contributed by atoms with van der Waals surface area (Å²) >= 11 is 0. The molecule has 1 aromatic carbocycles. The summed E-state index contributed by atoms with van der Waals surface area (Å²) in [6.45, 7) is 1.90. The van der Waals surface area contributed by atoms with Crippen LogP contribution in [0.4, 0.5) is 26.1 Å². The van der Waals surface area contributed by atoms with E-state index < -0.39 is 45.2 Å². The van der Waals surface area contributed by atoms with E-state index >= 15 is 0 Å². The van der Waals surface area contributed by atoms with Gasteiger partial charge in [-0.05, 0) is 36.8 Å². The fourth-order valence-electron chi connectivity index (χ4n) is 5.24. The number of nitrogens with one attached hydrogen (secondary N) is 1. The second kappa shape index (κ2) is 10.7. The molecule has 1 fully saturated rings. The van der Waals surface area contributed by atoms with Crippen LogP contribution in [-0.4, -0.2) is 67.6 Å². The van der Waals surface area contributed by atoms with Gasteiger partial charge in [-0.2, -0.15) is 0 Å². The molecule has 3 aromatic heterocycles. The van der Waals surface area contributed by atoms with Crippen molar-refractivity contribution in [3.05, 3.63) is 71.4 Å². The molecule has 43 heavy (non-hydrogen) atoms. The Kier molecular flexibility index (Phi) is 6.81. The summed E-state index contributed by atoms with van der Waals surface area (Å²) < 4.78 is 64.9. The molecular formula is C29H26F2N6O5S. The van der Waals surface area contributed by atoms with E-state index in [0.29, 0.717) is 41.7 Å². The third kappa shape index (κ3) is 4.99. The molecule has 1 N–H and O–H groups in total. The van der Waals surface area contributed by atoms with E-state index in [1.54, 1.807) is 12.3 Å². The fraction of sp³-hybridized carbons (Fsp3) is 0.310. The highest BCUT2D eigenvalue weighted by Gasteiger charge is 2.35. The lowest BCUT2D eigenvalue weighted by molar-refractivity contribution is 0.0938. The number of fused-ring (bicyclic) bond motifs is 3. The number of carbonyl (C=O) groups excluding carboxylic acids is 1. The molecule has 4 aromatic rings. The van der Waals surface area contributed by atoms with Crippen molar-refractivity contribution >= 4 is 44.0 Å².